The van der Waals surface area contributed by atoms with Crippen LogP contribution in [0, 0.1) is 11.3 Å². The van der Waals surface area contributed by atoms with Crippen molar-refractivity contribution >= 4 is 0 Å². The van der Waals surface area contributed by atoms with Gasteiger partial charge in [-0.3, -0.25) is 4.68 Å². The lowest BCUT2D eigenvalue weighted by atomic mass is 9.67. The largest absolute Gasteiger partial charge is 0.493 e. The van der Waals surface area contributed by atoms with Crippen LogP contribution in [0.3, 0.4) is 0 Å². The molecule has 0 amide bonds. The zero-order chi connectivity index (χ0) is 14.9. The van der Waals surface area contributed by atoms with E-state index in [0.717, 1.165) is 25.1 Å². The minimum absolute atomic E-state index is 0.212. The average molecular weight is 279 g/mol. The lowest BCUT2D eigenvalue weighted by Crippen LogP contribution is -2.39. The van der Waals surface area contributed by atoms with Crippen LogP contribution >= 0.6 is 0 Å². The molecule has 2 rings (SSSR count). The number of rotatable bonds is 3. The van der Waals surface area contributed by atoms with Crippen LogP contribution in [0.5, 0.6) is 5.75 Å². The molecule has 114 valence electrons. The molecule has 1 aromatic heterocycles. The third-order valence-corrected chi connectivity index (χ3v) is 4.84. The van der Waals surface area contributed by atoms with Crippen molar-refractivity contribution < 1.29 is 4.74 Å². The summed E-state index contributed by atoms with van der Waals surface area (Å²) in [5, 5.41) is 4.44. The third kappa shape index (κ3) is 2.85. The lowest BCUT2D eigenvalue weighted by Gasteiger charge is -2.40. The topological polar surface area (TPSA) is 53.1 Å². The Bertz CT molecular complexity index is 426. The van der Waals surface area contributed by atoms with Crippen LogP contribution in [0.15, 0.2) is 6.20 Å². The van der Waals surface area contributed by atoms with Crippen LogP contribution in [-0.2, 0) is 6.54 Å². The molecule has 20 heavy (non-hydrogen) atoms. The predicted octanol–water partition coefficient (Wildman–Crippen LogP) is 3.17. The lowest BCUT2D eigenvalue weighted by molar-refractivity contribution is 0.149. The summed E-state index contributed by atoms with van der Waals surface area (Å²) < 4.78 is 7.56. The Balaban J connectivity index is 2.32. The third-order valence-electron chi connectivity index (χ3n) is 4.84. The summed E-state index contributed by atoms with van der Waals surface area (Å²) in [4.78, 5) is 0. The van der Waals surface area contributed by atoms with Crippen molar-refractivity contribution in [3.05, 3.63) is 11.9 Å². The summed E-state index contributed by atoms with van der Waals surface area (Å²) >= 11 is 0. The SMILES string of the molecule is CCn1ncc(OC)c1C1CC(C(C)(C)C)CCC1N. The van der Waals surface area contributed by atoms with Gasteiger partial charge in [0.1, 0.15) is 0 Å². The molecule has 0 spiro atoms. The second-order valence-corrected chi connectivity index (χ2v) is 7.06. The van der Waals surface area contributed by atoms with Crippen LogP contribution in [0.25, 0.3) is 0 Å². The van der Waals surface area contributed by atoms with E-state index >= 15 is 0 Å². The van der Waals surface area contributed by atoms with Gasteiger partial charge in [-0.1, -0.05) is 20.8 Å². The highest BCUT2D eigenvalue weighted by atomic mass is 16.5. The maximum Gasteiger partial charge on any atom is 0.160 e. The Hall–Kier alpha value is -1.03. The first-order chi connectivity index (χ1) is 9.38. The number of nitrogens with zero attached hydrogens (tertiary/aromatic N) is 2. The Morgan fingerprint density at radius 3 is 2.65 bits per heavy atom. The number of ether oxygens (including phenoxy) is 1. The van der Waals surface area contributed by atoms with Crippen molar-refractivity contribution in [1.29, 1.82) is 0 Å². The first kappa shape index (κ1) is 15.4. The summed E-state index contributed by atoms with van der Waals surface area (Å²) in [7, 11) is 1.72. The van der Waals surface area contributed by atoms with Crippen molar-refractivity contribution in [3.63, 3.8) is 0 Å². The normalized spacial score (nSPS) is 27.6. The molecule has 1 saturated carbocycles. The molecule has 0 bridgehead atoms. The number of methoxy groups -OCH3 is 1. The fourth-order valence-electron chi connectivity index (χ4n) is 3.46. The molecular formula is C16H29N3O. The molecule has 0 saturated heterocycles. The highest BCUT2D eigenvalue weighted by Gasteiger charge is 2.37. The molecule has 1 fully saturated rings. The van der Waals surface area contributed by atoms with E-state index in [4.69, 9.17) is 10.5 Å². The van der Waals surface area contributed by atoms with E-state index < -0.39 is 0 Å². The second-order valence-electron chi connectivity index (χ2n) is 7.06. The highest BCUT2D eigenvalue weighted by molar-refractivity contribution is 5.30. The maximum absolute atomic E-state index is 6.43. The zero-order valence-electron chi connectivity index (χ0n) is 13.5. The predicted molar refractivity (Wildman–Crippen MR) is 82.0 cm³/mol. The summed E-state index contributed by atoms with van der Waals surface area (Å²) in [6.45, 7) is 9.98. The number of hydrogen-bond donors (Lipinski definition) is 1. The molecule has 1 aliphatic carbocycles. The van der Waals surface area contributed by atoms with E-state index in [1.54, 1.807) is 7.11 Å². The Morgan fingerprint density at radius 1 is 1.40 bits per heavy atom. The van der Waals surface area contributed by atoms with Gasteiger partial charge in [0.25, 0.3) is 0 Å². The first-order valence-corrected chi connectivity index (χ1v) is 7.73. The van der Waals surface area contributed by atoms with Gasteiger partial charge < -0.3 is 10.5 Å². The van der Waals surface area contributed by atoms with Gasteiger partial charge in [-0.05, 0) is 37.5 Å². The van der Waals surface area contributed by atoms with Crippen molar-refractivity contribution in [2.24, 2.45) is 17.1 Å². The maximum atomic E-state index is 6.43. The Morgan fingerprint density at radius 2 is 2.10 bits per heavy atom. The molecule has 0 aromatic carbocycles. The molecule has 2 N–H and O–H groups in total. The minimum atomic E-state index is 0.212. The Labute approximate surface area is 122 Å². The summed E-state index contributed by atoms with van der Waals surface area (Å²) in [6, 6.07) is 0.212. The van der Waals surface area contributed by atoms with E-state index in [9.17, 15) is 0 Å². The quantitative estimate of drug-likeness (QED) is 0.924. The molecular weight excluding hydrogens is 250 g/mol. The molecule has 3 unspecified atom stereocenters. The zero-order valence-corrected chi connectivity index (χ0v) is 13.5. The molecule has 1 aliphatic rings. The monoisotopic (exact) mass is 279 g/mol. The van der Waals surface area contributed by atoms with Gasteiger partial charge in [0.15, 0.2) is 5.75 Å². The van der Waals surface area contributed by atoms with E-state index in [0.29, 0.717) is 17.3 Å². The van der Waals surface area contributed by atoms with Crippen LogP contribution in [0.2, 0.25) is 0 Å². The molecule has 1 heterocycles. The summed E-state index contributed by atoms with van der Waals surface area (Å²) in [6.07, 6.45) is 5.27. The molecule has 3 atom stereocenters. The van der Waals surface area contributed by atoms with E-state index in [2.05, 4.69) is 37.5 Å². The van der Waals surface area contributed by atoms with Crippen LogP contribution in [-0.4, -0.2) is 22.9 Å². The number of aromatic nitrogens is 2. The van der Waals surface area contributed by atoms with Gasteiger partial charge in [-0.25, -0.2) is 0 Å². The second kappa shape index (κ2) is 5.76. The molecule has 4 nitrogen and oxygen atoms in total. The first-order valence-electron chi connectivity index (χ1n) is 7.73. The molecule has 0 radical (unpaired) electrons. The molecule has 4 heteroatoms. The standard InChI is InChI=1S/C16H29N3O/c1-6-19-15(14(20-5)10-18-19)12-9-11(16(2,3)4)7-8-13(12)17/h10-13H,6-9,17H2,1-5H3. The average Bonchev–Trinajstić information content (AvgIpc) is 2.80. The summed E-state index contributed by atoms with van der Waals surface area (Å²) in [5.41, 5.74) is 7.95. The fraction of sp³-hybridized carbons (Fsp3) is 0.812. The van der Waals surface area contributed by atoms with E-state index in [1.807, 2.05) is 6.20 Å². The number of hydrogen-bond acceptors (Lipinski definition) is 3. The van der Waals surface area contributed by atoms with Crippen molar-refractivity contribution in [2.45, 2.75) is 65.5 Å². The van der Waals surface area contributed by atoms with Gasteiger partial charge in [-0.2, -0.15) is 5.10 Å². The molecule has 0 aliphatic heterocycles. The van der Waals surface area contributed by atoms with Crippen LogP contribution < -0.4 is 10.5 Å². The number of nitrogens with two attached hydrogens (primary N) is 1. The van der Waals surface area contributed by atoms with Gasteiger partial charge >= 0.3 is 0 Å². The minimum Gasteiger partial charge on any atom is -0.493 e. The van der Waals surface area contributed by atoms with Crippen LogP contribution in [0.4, 0.5) is 0 Å². The number of aryl methyl sites for hydroxylation is 1. The van der Waals surface area contributed by atoms with Crippen molar-refractivity contribution in [3.8, 4) is 5.75 Å². The van der Waals surface area contributed by atoms with Gasteiger partial charge in [-0.15, -0.1) is 0 Å². The fourth-order valence-corrected chi connectivity index (χ4v) is 3.46. The van der Waals surface area contributed by atoms with Crippen molar-refractivity contribution in [1.82, 2.24) is 9.78 Å². The van der Waals surface area contributed by atoms with Crippen molar-refractivity contribution in [2.75, 3.05) is 7.11 Å². The summed E-state index contributed by atoms with van der Waals surface area (Å²) in [5.74, 6) is 1.95. The smallest absolute Gasteiger partial charge is 0.160 e. The van der Waals surface area contributed by atoms with Crippen LogP contribution in [0.1, 0.15) is 58.6 Å². The molecule has 1 aromatic rings. The van der Waals surface area contributed by atoms with Gasteiger partial charge in [0.05, 0.1) is 19.0 Å². The van der Waals surface area contributed by atoms with Gasteiger partial charge in [0, 0.05) is 18.5 Å². The van der Waals surface area contributed by atoms with E-state index in [1.165, 1.54) is 12.1 Å². The Kier molecular flexibility index (Phi) is 4.43. The van der Waals surface area contributed by atoms with Gasteiger partial charge in [0.2, 0.25) is 0 Å². The highest BCUT2D eigenvalue weighted by Crippen LogP contribution is 2.45. The van der Waals surface area contributed by atoms with E-state index in [-0.39, 0.29) is 6.04 Å².